The third kappa shape index (κ3) is 2.85. The lowest BCUT2D eigenvalue weighted by Crippen LogP contribution is -2.35. The van der Waals surface area contributed by atoms with Crippen molar-refractivity contribution < 1.29 is 0 Å². The van der Waals surface area contributed by atoms with Crippen molar-refractivity contribution >= 4 is 11.6 Å². The molecule has 0 radical (unpaired) electrons. The summed E-state index contributed by atoms with van der Waals surface area (Å²) in [7, 11) is 0. The summed E-state index contributed by atoms with van der Waals surface area (Å²) in [4.78, 5) is 8.22. The van der Waals surface area contributed by atoms with E-state index in [2.05, 4.69) is 34.6 Å². The SMILES string of the molecule is CC1CCCC(Nc2cc(NN)ncn2)C1C. The molecule has 1 aliphatic rings. The fourth-order valence-corrected chi connectivity index (χ4v) is 2.49. The molecule has 0 spiro atoms. The third-order valence-electron chi connectivity index (χ3n) is 3.86. The zero-order valence-corrected chi connectivity index (χ0v) is 10.5. The lowest BCUT2D eigenvalue weighted by atomic mass is 9.78. The third-order valence-corrected chi connectivity index (χ3v) is 3.86. The van der Waals surface area contributed by atoms with Gasteiger partial charge in [0, 0.05) is 12.1 Å². The molecule has 3 atom stereocenters. The molecule has 5 heteroatoms. The van der Waals surface area contributed by atoms with Crippen molar-refractivity contribution in [1.29, 1.82) is 0 Å². The van der Waals surface area contributed by atoms with E-state index in [1.54, 1.807) is 0 Å². The number of hydrazine groups is 1. The van der Waals surface area contributed by atoms with Crippen LogP contribution in [0.3, 0.4) is 0 Å². The molecule has 0 aliphatic heterocycles. The molecule has 0 amide bonds. The minimum absolute atomic E-state index is 0.499. The van der Waals surface area contributed by atoms with Crippen LogP contribution >= 0.6 is 0 Å². The van der Waals surface area contributed by atoms with Gasteiger partial charge in [-0.3, -0.25) is 0 Å². The zero-order valence-electron chi connectivity index (χ0n) is 10.5. The van der Waals surface area contributed by atoms with Crippen molar-refractivity contribution in [3.8, 4) is 0 Å². The molecule has 17 heavy (non-hydrogen) atoms. The van der Waals surface area contributed by atoms with Crippen LogP contribution in [0.1, 0.15) is 33.1 Å². The minimum Gasteiger partial charge on any atom is -0.367 e. The van der Waals surface area contributed by atoms with Gasteiger partial charge in [0.15, 0.2) is 0 Å². The van der Waals surface area contributed by atoms with Gasteiger partial charge in [0.2, 0.25) is 0 Å². The molecule has 1 aromatic rings. The van der Waals surface area contributed by atoms with Crippen LogP contribution in [0.15, 0.2) is 12.4 Å². The number of nitrogen functional groups attached to an aromatic ring is 1. The maximum Gasteiger partial charge on any atom is 0.145 e. The Hall–Kier alpha value is -1.36. The molecule has 1 heterocycles. The Kier molecular flexibility index (Phi) is 3.78. The first-order chi connectivity index (χ1) is 8.20. The number of nitrogens with zero attached hydrogens (tertiary/aromatic N) is 2. The van der Waals surface area contributed by atoms with E-state index in [4.69, 9.17) is 5.84 Å². The second-order valence-corrected chi connectivity index (χ2v) is 4.95. The standard InChI is InChI=1S/C12H21N5/c1-8-4-3-5-10(9(8)2)16-11-6-12(17-13)15-7-14-11/h6-10H,3-5,13H2,1-2H3,(H2,14,15,16,17). The average molecular weight is 235 g/mol. The molecule has 2 rings (SSSR count). The maximum atomic E-state index is 5.33. The number of aromatic nitrogens is 2. The summed E-state index contributed by atoms with van der Waals surface area (Å²) < 4.78 is 0. The summed E-state index contributed by atoms with van der Waals surface area (Å²) in [6.07, 6.45) is 5.35. The fourth-order valence-electron chi connectivity index (χ4n) is 2.49. The second kappa shape index (κ2) is 5.31. The van der Waals surface area contributed by atoms with E-state index in [0.29, 0.717) is 17.8 Å². The van der Waals surface area contributed by atoms with Crippen LogP contribution in [0.25, 0.3) is 0 Å². The molecule has 3 unspecified atom stereocenters. The van der Waals surface area contributed by atoms with Gasteiger partial charge in [0.05, 0.1) is 0 Å². The van der Waals surface area contributed by atoms with E-state index >= 15 is 0 Å². The maximum absolute atomic E-state index is 5.33. The molecule has 5 nitrogen and oxygen atoms in total. The highest BCUT2D eigenvalue weighted by atomic mass is 15.3. The summed E-state index contributed by atoms with van der Waals surface area (Å²) >= 11 is 0. The van der Waals surface area contributed by atoms with Crippen LogP contribution in [0.5, 0.6) is 0 Å². The summed E-state index contributed by atoms with van der Waals surface area (Å²) in [6.45, 7) is 4.64. The fraction of sp³-hybridized carbons (Fsp3) is 0.667. The predicted molar refractivity (Wildman–Crippen MR) is 69.4 cm³/mol. The topological polar surface area (TPSA) is 75.9 Å². The highest BCUT2D eigenvalue weighted by Gasteiger charge is 2.27. The highest BCUT2D eigenvalue weighted by molar-refractivity contribution is 5.46. The van der Waals surface area contributed by atoms with E-state index in [-0.39, 0.29) is 0 Å². The second-order valence-electron chi connectivity index (χ2n) is 4.95. The molecule has 0 bridgehead atoms. The highest BCUT2D eigenvalue weighted by Crippen LogP contribution is 2.31. The smallest absolute Gasteiger partial charge is 0.145 e. The first kappa shape index (κ1) is 12.1. The monoisotopic (exact) mass is 235 g/mol. The van der Waals surface area contributed by atoms with Crippen molar-refractivity contribution in [2.24, 2.45) is 17.7 Å². The van der Waals surface area contributed by atoms with E-state index in [1.807, 2.05) is 6.07 Å². The molecule has 1 fully saturated rings. The molecule has 1 saturated carbocycles. The van der Waals surface area contributed by atoms with Crippen molar-refractivity contribution in [3.05, 3.63) is 12.4 Å². The lowest BCUT2D eigenvalue weighted by molar-refractivity contribution is 0.253. The van der Waals surface area contributed by atoms with Crippen molar-refractivity contribution in [2.45, 2.75) is 39.2 Å². The van der Waals surface area contributed by atoms with Crippen molar-refractivity contribution in [1.82, 2.24) is 9.97 Å². The van der Waals surface area contributed by atoms with Crippen LogP contribution < -0.4 is 16.6 Å². The molecule has 1 aliphatic carbocycles. The molecule has 0 saturated heterocycles. The Balaban J connectivity index is 2.04. The van der Waals surface area contributed by atoms with Crippen LogP contribution in [-0.4, -0.2) is 16.0 Å². The van der Waals surface area contributed by atoms with Gasteiger partial charge in [-0.15, -0.1) is 0 Å². The summed E-state index contributed by atoms with van der Waals surface area (Å²) in [5.74, 6) is 8.26. The molecule has 0 aromatic carbocycles. The number of rotatable bonds is 3. The van der Waals surface area contributed by atoms with Gasteiger partial charge >= 0.3 is 0 Å². The van der Waals surface area contributed by atoms with Gasteiger partial charge in [0.25, 0.3) is 0 Å². The van der Waals surface area contributed by atoms with Gasteiger partial charge < -0.3 is 10.7 Å². The molecule has 94 valence electrons. The van der Waals surface area contributed by atoms with Gasteiger partial charge in [-0.05, 0) is 18.3 Å². The van der Waals surface area contributed by atoms with E-state index in [9.17, 15) is 0 Å². The Bertz CT molecular complexity index is 368. The lowest BCUT2D eigenvalue weighted by Gasteiger charge is -2.34. The van der Waals surface area contributed by atoms with Crippen LogP contribution in [0, 0.1) is 11.8 Å². The van der Waals surface area contributed by atoms with Crippen molar-refractivity contribution in [2.75, 3.05) is 10.7 Å². The number of nitrogens with one attached hydrogen (secondary N) is 2. The van der Waals surface area contributed by atoms with Gasteiger partial charge in [0.1, 0.15) is 18.0 Å². The average Bonchev–Trinajstić information content (AvgIpc) is 2.35. The Labute approximate surface area is 102 Å². The summed E-state index contributed by atoms with van der Waals surface area (Å²) in [5.41, 5.74) is 2.53. The predicted octanol–water partition coefficient (Wildman–Crippen LogP) is 2.00. The van der Waals surface area contributed by atoms with E-state index in [1.165, 1.54) is 25.6 Å². The quantitative estimate of drug-likeness (QED) is 0.552. The number of nitrogens with two attached hydrogens (primary N) is 1. The van der Waals surface area contributed by atoms with Crippen molar-refractivity contribution in [3.63, 3.8) is 0 Å². The zero-order chi connectivity index (χ0) is 12.3. The molecule has 1 aromatic heterocycles. The van der Waals surface area contributed by atoms with Gasteiger partial charge in [-0.25, -0.2) is 15.8 Å². The first-order valence-corrected chi connectivity index (χ1v) is 6.26. The van der Waals surface area contributed by atoms with E-state index in [0.717, 1.165) is 11.7 Å². The Morgan fingerprint density at radius 1 is 1.24 bits per heavy atom. The number of anilines is 2. The molecular weight excluding hydrogens is 214 g/mol. The number of hydrogen-bond acceptors (Lipinski definition) is 5. The minimum atomic E-state index is 0.499. The van der Waals surface area contributed by atoms with Gasteiger partial charge in [-0.1, -0.05) is 26.7 Å². The molecule has 4 N–H and O–H groups in total. The summed E-state index contributed by atoms with van der Waals surface area (Å²) in [6, 6.07) is 2.34. The van der Waals surface area contributed by atoms with Gasteiger partial charge in [-0.2, -0.15) is 0 Å². The first-order valence-electron chi connectivity index (χ1n) is 6.26. The summed E-state index contributed by atoms with van der Waals surface area (Å²) in [5, 5.41) is 3.49. The van der Waals surface area contributed by atoms with E-state index < -0.39 is 0 Å². The molecular formula is C12H21N5. The normalized spacial score (nSPS) is 28.8. The van der Waals surface area contributed by atoms with Crippen LogP contribution in [0.4, 0.5) is 11.6 Å². The van der Waals surface area contributed by atoms with Crippen LogP contribution in [0.2, 0.25) is 0 Å². The number of hydrogen-bond donors (Lipinski definition) is 3. The Morgan fingerprint density at radius 3 is 2.76 bits per heavy atom. The Morgan fingerprint density at radius 2 is 2.00 bits per heavy atom. The van der Waals surface area contributed by atoms with Crippen LogP contribution in [-0.2, 0) is 0 Å². The largest absolute Gasteiger partial charge is 0.367 e.